The summed E-state index contributed by atoms with van der Waals surface area (Å²) in [6.45, 7) is 0. The number of fused-ring (bicyclic) bond motifs is 5. The minimum Gasteiger partial charge on any atom is -0.439 e. The molecule has 4 rings (SSSR count). The van der Waals surface area contributed by atoms with Gasteiger partial charge >= 0.3 is 37.0 Å². The molecule has 1 saturated heterocycles. The van der Waals surface area contributed by atoms with Gasteiger partial charge in [-0.1, -0.05) is 35.2 Å². The van der Waals surface area contributed by atoms with E-state index in [0.717, 1.165) is 0 Å². The van der Waals surface area contributed by atoms with Crippen LogP contribution in [0.5, 0.6) is 0 Å². The third-order valence-corrected chi connectivity index (χ3v) is 10.0. The number of halogens is 7. The first kappa shape index (κ1) is 24.6. The van der Waals surface area contributed by atoms with Crippen molar-refractivity contribution in [2.75, 3.05) is 4.31 Å². The lowest BCUT2D eigenvalue weighted by molar-refractivity contribution is -0.175. The van der Waals surface area contributed by atoms with E-state index in [-0.39, 0.29) is 23.1 Å². The van der Waals surface area contributed by atoms with E-state index in [1.165, 1.54) is 0 Å². The Balaban J connectivity index is 2.07. The van der Waals surface area contributed by atoms with Gasteiger partial charge in [0.15, 0.2) is 5.82 Å². The number of nitrogens with zero attached hydrogens (tertiary/aromatic N) is 3. The first-order chi connectivity index (χ1) is 15.0. The average molecular weight is 590 g/mol. The van der Waals surface area contributed by atoms with Gasteiger partial charge < -0.3 is 4.74 Å². The van der Waals surface area contributed by atoms with Gasteiger partial charge in [0, 0.05) is 5.92 Å². The van der Waals surface area contributed by atoms with E-state index in [9.17, 15) is 48.0 Å². The van der Waals surface area contributed by atoms with Crippen LogP contribution in [-0.2, 0) is 29.6 Å². The molecule has 1 saturated carbocycles. The lowest BCUT2D eigenvalue weighted by atomic mass is 9.61. The summed E-state index contributed by atoms with van der Waals surface area (Å²) in [5.74, 6) is -3.76. The van der Waals surface area contributed by atoms with E-state index >= 15 is 0 Å². The Hall–Kier alpha value is -1.56. The molecule has 2 aliphatic heterocycles. The molecular formula is C15H14BrF6N3O6S2. The Bertz CT molecular complexity index is 1210. The van der Waals surface area contributed by atoms with Crippen molar-refractivity contribution >= 4 is 47.8 Å². The maximum Gasteiger partial charge on any atom is 0.517 e. The number of hydrogen-bond donors (Lipinski definition) is 0. The molecule has 186 valence electrons. The number of carbonyl (C=O) groups is 1. The zero-order valence-electron chi connectivity index (χ0n) is 16.1. The summed E-state index contributed by atoms with van der Waals surface area (Å²) in [5.41, 5.74) is -14.4. The number of rotatable bonds is 2. The van der Waals surface area contributed by atoms with Crippen molar-refractivity contribution < 1.29 is 52.7 Å². The summed E-state index contributed by atoms with van der Waals surface area (Å²) < 4.78 is 134. The molecule has 0 aromatic carbocycles. The van der Waals surface area contributed by atoms with Crippen molar-refractivity contribution in [3.8, 4) is 0 Å². The molecule has 2 fully saturated rings. The molecule has 9 nitrogen and oxygen atoms in total. The molecule has 3 unspecified atom stereocenters. The van der Waals surface area contributed by atoms with Crippen molar-refractivity contribution in [1.82, 2.24) is 8.96 Å². The first-order valence-electron chi connectivity index (χ1n) is 9.33. The molecule has 3 aliphatic rings. The van der Waals surface area contributed by atoms with Crippen LogP contribution in [0.1, 0.15) is 43.7 Å². The Morgan fingerprint density at radius 1 is 1.00 bits per heavy atom. The number of anilines is 1. The SMILES string of the molecule is O=C1OC2C(Br)C(c3c(ncn3S(=O)(=O)C(F)(F)F)N2S(=O)(=O)C(F)(F)F)C12CCCCC2. The van der Waals surface area contributed by atoms with Crippen molar-refractivity contribution in [2.45, 2.75) is 60.1 Å². The lowest BCUT2D eigenvalue weighted by Gasteiger charge is -2.53. The average Bonchev–Trinajstić information content (AvgIpc) is 3.10. The number of ether oxygens (including phenoxy) is 1. The van der Waals surface area contributed by atoms with Gasteiger partial charge in [-0.3, -0.25) is 4.79 Å². The standard InChI is InChI=1S/C15H14BrF6N3O6S2/c16-8-7-9-10(23-6-24(9)32(27,28)14(17,18)19)25(33(29,30)15(20,21)22)11(8)31-12(26)13(7)4-2-1-3-5-13/h6-8,11H,1-5H2. The largest absolute Gasteiger partial charge is 0.517 e. The van der Waals surface area contributed by atoms with Gasteiger partial charge in [-0.15, -0.1) is 0 Å². The summed E-state index contributed by atoms with van der Waals surface area (Å²) in [5, 5.41) is 0. The molecule has 3 heterocycles. The van der Waals surface area contributed by atoms with Crippen molar-refractivity contribution in [3.05, 3.63) is 12.0 Å². The number of aromatic nitrogens is 2. The van der Waals surface area contributed by atoms with Crippen molar-refractivity contribution in [3.63, 3.8) is 0 Å². The number of alkyl halides is 7. The molecule has 1 spiro atoms. The maximum atomic E-state index is 13.4. The highest BCUT2D eigenvalue weighted by molar-refractivity contribution is 9.09. The number of esters is 1. The van der Waals surface area contributed by atoms with Crippen LogP contribution in [0, 0.1) is 5.41 Å². The van der Waals surface area contributed by atoms with Crippen LogP contribution in [0.25, 0.3) is 0 Å². The molecule has 0 radical (unpaired) electrons. The number of hydrogen-bond acceptors (Lipinski definition) is 7. The van der Waals surface area contributed by atoms with Gasteiger partial charge in [-0.05, 0) is 12.8 Å². The molecule has 0 amide bonds. The van der Waals surface area contributed by atoms with Crippen LogP contribution in [0.4, 0.5) is 32.2 Å². The van der Waals surface area contributed by atoms with Crippen molar-refractivity contribution in [2.24, 2.45) is 5.41 Å². The van der Waals surface area contributed by atoms with Gasteiger partial charge in [-0.2, -0.15) is 43.2 Å². The molecule has 0 N–H and O–H groups in total. The molecular weight excluding hydrogens is 576 g/mol. The monoisotopic (exact) mass is 589 g/mol. The summed E-state index contributed by atoms with van der Waals surface area (Å²) in [6, 6.07) is 0. The van der Waals surface area contributed by atoms with E-state index in [1.807, 2.05) is 0 Å². The molecule has 3 atom stereocenters. The van der Waals surface area contributed by atoms with Gasteiger partial charge in [0.25, 0.3) is 0 Å². The third kappa shape index (κ3) is 3.22. The Morgan fingerprint density at radius 2 is 1.55 bits per heavy atom. The quantitative estimate of drug-likeness (QED) is 0.296. The van der Waals surface area contributed by atoms with Crippen LogP contribution in [0.2, 0.25) is 0 Å². The molecule has 33 heavy (non-hydrogen) atoms. The smallest absolute Gasteiger partial charge is 0.439 e. The van der Waals surface area contributed by atoms with Gasteiger partial charge in [-0.25, -0.2) is 13.3 Å². The summed E-state index contributed by atoms with van der Waals surface area (Å²) in [4.78, 5) is 14.8. The second kappa shape index (κ2) is 7.22. The number of imidazole rings is 1. The van der Waals surface area contributed by atoms with Crippen LogP contribution in [-0.4, -0.2) is 53.8 Å². The molecule has 1 aromatic rings. The van der Waals surface area contributed by atoms with E-state index in [4.69, 9.17) is 4.74 Å². The Labute approximate surface area is 191 Å². The second-order valence-electron chi connectivity index (χ2n) is 7.88. The maximum absolute atomic E-state index is 13.4. The van der Waals surface area contributed by atoms with E-state index < -0.39 is 75.2 Å². The molecule has 18 heteroatoms. The fourth-order valence-electron chi connectivity index (χ4n) is 4.74. The van der Waals surface area contributed by atoms with Gasteiger partial charge in [0.05, 0.1) is 15.9 Å². The fraction of sp³-hybridized carbons (Fsp3) is 0.733. The highest BCUT2D eigenvalue weighted by Gasteiger charge is 2.67. The predicted octanol–water partition coefficient (Wildman–Crippen LogP) is 2.93. The zero-order chi connectivity index (χ0) is 24.8. The second-order valence-corrected chi connectivity index (χ2v) is 12.6. The lowest BCUT2D eigenvalue weighted by Crippen LogP contribution is -2.64. The Kier molecular flexibility index (Phi) is 5.38. The Morgan fingerprint density at radius 3 is 2.06 bits per heavy atom. The van der Waals surface area contributed by atoms with Gasteiger partial charge in [0.1, 0.15) is 6.33 Å². The predicted molar refractivity (Wildman–Crippen MR) is 101 cm³/mol. The minimum absolute atomic E-state index is 0.0496. The summed E-state index contributed by atoms with van der Waals surface area (Å²) in [7, 11) is -12.6. The van der Waals surface area contributed by atoms with Crippen LogP contribution >= 0.6 is 15.9 Å². The summed E-state index contributed by atoms with van der Waals surface area (Å²) >= 11 is 3.01. The third-order valence-electron chi connectivity index (χ3n) is 6.16. The molecule has 1 aliphatic carbocycles. The van der Waals surface area contributed by atoms with Crippen LogP contribution < -0.4 is 4.31 Å². The van der Waals surface area contributed by atoms with Crippen LogP contribution in [0.15, 0.2) is 6.33 Å². The van der Waals surface area contributed by atoms with Gasteiger partial charge in [0.2, 0.25) is 6.23 Å². The fourth-order valence-corrected chi connectivity index (χ4v) is 7.89. The molecule has 2 bridgehead atoms. The highest BCUT2D eigenvalue weighted by Crippen LogP contribution is 2.60. The zero-order valence-corrected chi connectivity index (χ0v) is 19.3. The van der Waals surface area contributed by atoms with Crippen LogP contribution in [0.3, 0.4) is 0 Å². The van der Waals surface area contributed by atoms with E-state index in [1.54, 1.807) is 0 Å². The first-order valence-corrected chi connectivity index (χ1v) is 13.1. The number of carbonyl (C=O) groups excluding carboxylic acids is 1. The topological polar surface area (TPSA) is 116 Å². The number of sulfonamides is 1. The summed E-state index contributed by atoms with van der Waals surface area (Å²) in [6.07, 6.45) is -0.479. The highest BCUT2D eigenvalue weighted by atomic mass is 79.9. The molecule has 1 aromatic heterocycles. The minimum atomic E-state index is -6.36. The van der Waals surface area contributed by atoms with Crippen molar-refractivity contribution in [1.29, 1.82) is 0 Å². The van der Waals surface area contributed by atoms with E-state index in [2.05, 4.69) is 20.9 Å². The van der Waals surface area contributed by atoms with E-state index in [0.29, 0.717) is 19.3 Å². The normalized spacial score (nSPS) is 27.9.